The van der Waals surface area contributed by atoms with Gasteiger partial charge in [-0.3, -0.25) is 9.78 Å². The normalized spacial score (nSPS) is 16.6. The van der Waals surface area contributed by atoms with Gasteiger partial charge in [0.15, 0.2) is 0 Å². The monoisotopic (exact) mass is 248 g/mol. The van der Waals surface area contributed by atoms with Crippen LogP contribution < -0.4 is 4.74 Å². The van der Waals surface area contributed by atoms with Crippen LogP contribution in [0.1, 0.15) is 26.2 Å². The molecule has 0 unspecified atom stereocenters. The fourth-order valence-electron chi connectivity index (χ4n) is 2.31. The van der Waals surface area contributed by atoms with E-state index < -0.39 is 0 Å². The molecular weight excluding hydrogens is 228 g/mol. The highest BCUT2D eigenvalue weighted by atomic mass is 16.5. The Kier molecular flexibility index (Phi) is 4.56. The molecule has 1 aromatic rings. The third-order valence-electron chi connectivity index (χ3n) is 3.50. The second-order valence-electron chi connectivity index (χ2n) is 4.77. The molecule has 0 saturated carbocycles. The van der Waals surface area contributed by atoms with E-state index in [-0.39, 0.29) is 5.91 Å². The lowest BCUT2D eigenvalue weighted by molar-refractivity contribution is -0.130. The topological polar surface area (TPSA) is 42.4 Å². The Hall–Kier alpha value is -1.58. The molecule has 0 spiro atoms. The van der Waals surface area contributed by atoms with Crippen molar-refractivity contribution in [3.8, 4) is 5.75 Å². The van der Waals surface area contributed by atoms with Gasteiger partial charge in [0.2, 0.25) is 5.91 Å². The first-order valence-electron chi connectivity index (χ1n) is 6.54. The summed E-state index contributed by atoms with van der Waals surface area (Å²) in [5.41, 5.74) is 0. The van der Waals surface area contributed by atoms with Crippen molar-refractivity contribution < 1.29 is 9.53 Å². The van der Waals surface area contributed by atoms with Crippen molar-refractivity contribution in [3.05, 3.63) is 24.5 Å². The maximum absolute atomic E-state index is 11.2. The Morgan fingerprint density at radius 1 is 1.39 bits per heavy atom. The largest absolute Gasteiger partial charge is 0.493 e. The third kappa shape index (κ3) is 3.72. The van der Waals surface area contributed by atoms with E-state index in [0.717, 1.165) is 44.7 Å². The van der Waals surface area contributed by atoms with Gasteiger partial charge in [0.1, 0.15) is 5.75 Å². The van der Waals surface area contributed by atoms with Crippen molar-refractivity contribution in [3.63, 3.8) is 0 Å². The van der Waals surface area contributed by atoms with Crippen LogP contribution in [0.5, 0.6) is 5.75 Å². The minimum atomic E-state index is 0.196. The number of nitrogens with zero attached hydrogens (tertiary/aromatic N) is 2. The first kappa shape index (κ1) is 12.9. The predicted octanol–water partition coefficient (Wildman–Crippen LogP) is 2.11. The maximum Gasteiger partial charge on any atom is 0.219 e. The van der Waals surface area contributed by atoms with Crippen LogP contribution in [0.3, 0.4) is 0 Å². The van der Waals surface area contributed by atoms with Gasteiger partial charge in [-0.25, -0.2) is 0 Å². The van der Waals surface area contributed by atoms with Crippen LogP contribution in [-0.2, 0) is 4.79 Å². The second-order valence-corrected chi connectivity index (χ2v) is 4.77. The van der Waals surface area contributed by atoms with Gasteiger partial charge in [-0.15, -0.1) is 0 Å². The third-order valence-corrected chi connectivity index (χ3v) is 3.50. The summed E-state index contributed by atoms with van der Waals surface area (Å²) < 4.78 is 5.66. The summed E-state index contributed by atoms with van der Waals surface area (Å²) in [6.07, 6.45) is 6.73. The number of hydrogen-bond acceptors (Lipinski definition) is 3. The van der Waals surface area contributed by atoms with E-state index in [1.807, 2.05) is 17.0 Å². The lowest BCUT2D eigenvalue weighted by atomic mass is 9.94. The maximum atomic E-state index is 11.2. The minimum Gasteiger partial charge on any atom is -0.493 e. The van der Waals surface area contributed by atoms with Gasteiger partial charge in [-0.2, -0.15) is 0 Å². The summed E-state index contributed by atoms with van der Waals surface area (Å²) in [7, 11) is 0. The van der Waals surface area contributed by atoms with Crippen molar-refractivity contribution >= 4 is 5.91 Å². The average molecular weight is 248 g/mol. The fourth-order valence-corrected chi connectivity index (χ4v) is 2.31. The van der Waals surface area contributed by atoms with Crippen molar-refractivity contribution in [2.45, 2.75) is 26.2 Å². The molecule has 2 rings (SSSR count). The van der Waals surface area contributed by atoms with Crippen LogP contribution in [0.25, 0.3) is 0 Å². The Bertz CT molecular complexity index is 373. The Morgan fingerprint density at radius 2 is 2.06 bits per heavy atom. The van der Waals surface area contributed by atoms with Crippen LogP contribution in [0.15, 0.2) is 24.5 Å². The average Bonchev–Trinajstić information content (AvgIpc) is 2.40. The smallest absolute Gasteiger partial charge is 0.219 e. The molecule has 0 aromatic carbocycles. The van der Waals surface area contributed by atoms with Crippen molar-refractivity contribution in [1.29, 1.82) is 0 Å². The Labute approximate surface area is 108 Å². The highest BCUT2D eigenvalue weighted by molar-refractivity contribution is 5.73. The summed E-state index contributed by atoms with van der Waals surface area (Å²) in [4.78, 5) is 17.1. The molecule has 1 aliphatic rings. The predicted molar refractivity (Wildman–Crippen MR) is 69.3 cm³/mol. The molecule has 18 heavy (non-hydrogen) atoms. The molecule has 1 fully saturated rings. The van der Waals surface area contributed by atoms with Gasteiger partial charge in [0.05, 0.1) is 6.61 Å². The standard InChI is InChI=1S/C14H20N2O2/c1-12(17)16-9-4-13(5-10-16)6-11-18-14-2-7-15-8-3-14/h2-3,7-8,13H,4-6,9-11H2,1H3. The van der Waals surface area contributed by atoms with E-state index in [4.69, 9.17) is 4.74 Å². The molecule has 2 heterocycles. The number of ether oxygens (including phenoxy) is 1. The molecule has 0 atom stereocenters. The van der Waals surface area contributed by atoms with Crippen molar-refractivity contribution in [2.24, 2.45) is 5.92 Å². The number of rotatable bonds is 4. The highest BCUT2D eigenvalue weighted by Gasteiger charge is 2.20. The number of piperidine rings is 1. The van der Waals surface area contributed by atoms with E-state index >= 15 is 0 Å². The quantitative estimate of drug-likeness (QED) is 0.819. The molecule has 4 nitrogen and oxygen atoms in total. The SMILES string of the molecule is CC(=O)N1CCC(CCOc2ccncc2)CC1. The summed E-state index contributed by atoms with van der Waals surface area (Å²) in [5, 5.41) is 0. The number of carbonyl (C=O) groups is 1. The van der Waals surface area contributed by atoms with Gasteiger partial charge in [0.25, 0.3) is 0 Å². The van der Waals surface area contributed by atoms with Crippen molar-refractivity contribution in [2.75, 3.05) is 19.7 Å². The summed E-state index contributed by atoms with van der Waals surface area (Å²) in [5.74, 6) is 1.76. The van der Waals surface area contributed by atoms with Crippen LogP contribution in [-0.4, -0.2) is 35.5 Å². The first-order valence-corrected chi connectivity index (χ1v) is 6.54. The van der Waals surface area contributed by atoms with Crippen LogP contribution >= 0.6 is 0 Å². The fraction of sp³-hybridized carbons (Fsp3) is 0.571. The zero-order valence-corrected chi connectivity index (χ0v) is 10.8. The molecule has 0 bridgehead atoms. The molecule has 1 aliphatic heterocycles. The van der Waals surface area contributed by atoms with E-state index in [0.29, 0.717) is 5.92 Å². The molecule has 0 aliphatic carbocycles. The van der Waals surface area contributed by atoms with Gasteiger partial charge in [-0.05, 0) is 37.3 Å². The van der Waals surface area contributed by atoms with E-state index in [2.05, 4.69) is 4.98 Å². The molecule has 1 amide bonds. The van der Waals surface area contributed by atoms with Crippen LogP contribution in [0.2, 0.25) is 0 Å². The lowest BCUT2D eigenvalue weighted by Crippen LogP contribution is -2.37. The van der Waals surface area contributed by atoms with E-state index in [1.165, 1.54) is 0 Å². The number of hydrogen-bond donors (Lipinski definition) is 0. The molecule has 98 valence electrons. The molecule has 1 aromatic heterocycles. The lowest BCUT2D eigenvalue weighted by Gasteiger charge is -2.31. The first-order chi connectivity index (χ1) is 8.75. The van der Waals surface area contributed by atoms with Gasteiger partial charge in [0, 0.05) is 32.4 Å². The number of amides is 1. The van der Waals surface area contributed by atoms with Gasteiger partial charge < -0.3 is 9.64 Å². The zero-order chi connectivity index (χ0) is 12.8. The molecular formula is C14H20N2O2. The molecule has 1 saturated heterocycles. The number of likely N-dealkylation sites (tertiary alicyclic amines) is 1. The highest BCUT2D eigenvalue weighted by Crippen LogP contribution is 2.21. The van der Waals surface area contributed by atoms with Crippen LogP contribution in [0, 0.1) is 5.92 Å². The Balaban J connectivity index is 1.65. The van der Waals surface area contributed by atoms with Gasteiger partial charge in [-0.1, -0.05) is 0 Å². The Morgan fingerprint density at radius 3 is 2.67 bits per heavy atom. The second kappa shape index (κ2) is 6.38. The van der Waals surface area contributed by atoms with E-state index in [1.54, 1.807) is 19.3 Å². The number of pyridine rings is 1. The molecule has 0 N–H and O–H groups in total. The summed E-state index contributed by atoms with van der Waals surface area (Å²) >= 11 is 0. The summed E-state index contributed by atoms with van der Waals surface area (Å²) in [6, 6.07) is 3.75. The molecule has 0 radical (unpaired) electrons. The summed E-state index contributed by atoms with van der Waals surface area (Å²) in [6.45, 7) is 4.19. The van der Waals surface area contributed by atoms with E-state index in [9.17, 15) is 4.79 Å². The van der Waals surface area contributed by atoms with Crippen molar-refractivity contribution in [1.82, 2.24) is 9.88 Å². The minimum absolute atomic E-state index is 0.196. The zero-order valence-electron chi connectivity index (χ0n) is 10.8. The van der Waals surface area contributed by atoms with Gasteiger partial charge >= 0.3 is 0 Å². The number of carbonyl (C=O) groups excluding carboxylic acids is 1. The van der Waals surface area contributed by atoms with Crippen LogP contribution in [0.4, 0.5) is 0 Å². The number of aromatic nitrogens is 1. The molecule has 4 heteroatoms.